The molecule has 1 aromatic carbocycles. The molecule has 0 spiro atoms. The van der Waals surface area contributed by atoms with Gasteiger partial charge in [0.15, 0.2) is 5.96 Å². The Kier molecular flexibility index (Phi) is 8.71. The van der Waals surface area contributed by atoms with Gasteiger partial charge in [0.25, 0.3) is 0 Å². The fraction of sp³-hybridized carbons (Fsp3) is 0.526. The lowest BCUT2D eigenvalue weighted by Gasteiger charge is -2.26. The average molecular weight is 456 g/mol. The molecule has 25 heavy (non-hydrogen) atoms. The number of nitrogens with zero attached hydrogens (tertiary/aromatic N) is 2. The van der Waals surface area contributed by atoms with Crippen molar-refractivity contribution in [3.05, 3.63) is 47.5 Å². The first-order valence-corrected chi connectivity index (χ1v) is 8.83. The van der Waals surface area contributed by atoms with Gasteiger partial charge < -0.3 is 15.4 Å². The number of nitrogens with one attached hydrogen (secondary N) is 2. The zero-order chi connectivity index (χ0) is 16.6. The molecule has 0 aromatic heterocycles. The summed E-state index contributed by atoms with van der Waals surface area (Å²) in [6.45, 7) is 5.52. The highest BCUT2D eigenvalue weighted by atomic mass is 127. The third-order valence-corrected chi connectivity index (χ3v) is 4.53. The van der Waals surface area contributed by atoms with Crippen LogP contribution in [-0.2, 0) is 17.8 Å². The molecule has 0 unspecified atom stereocenters. The quantitative estimate of drug-likeness (QED) is 0.310. The van der Waals surface area contributed by atoms with Gasteiger partial charge in [-0.2, -0.15) is 0 Å². The lowest BCUT2D eigenvalue weighted by atomic mass is 10.1. The molecule has 0 saturated carbocycles. The van der Waals surface area contributed by atoms with Gasteiger partial charge in [-0.1, -0.05) is 36.4 Å². The molecular weight excluding hydrogens is 427 g/mol. The third kappa shape index (κ3) is 6.60. The van der Waals surface area contributed by atoms with Gasteiger partial charge >= 0.3 is 0 Å². The van der Waals surface area contributed by atoms with Crippen molar-refractivity contribution in [2.75, 3.05) is 33.4 Å². The maximum Gasteiger partial charge on any atom is 0.191 e. The van der Waals surface area contributed by atoms with E-state index in [0.717, 1.165) is 58.2 Å². The van der Waals surface area contributed by atoms with E-state index in [4.69, 9.17) is 4.74 Å². The number of aliphatic imine (C=N–C) groups is 1. The second kappa shape index (κ2) is 10.8. The Balaban J connectivity index is 0.00000225. The lowest BCUT2D eigenvalue weighted by molar-refractivity contribution is 0.0342. The van der Waals surface area contributed by atoms with Crippen LogP contribution in [-0.4, -0.2) is 50.3 Å². The summed E-state index contributed by atoms with van der Waals surface area (Å²) < 4.78 is 5.42. The van der Waals surface area contributed by atoms with Crippen molar-refractivity contribution in [1.82, 2.24) is 15.5 Å². The van der Waals surface area contributed by atoms with Crippen molar-refractivity contribution < 1.29 is 4.74 Å². The summed E-state index contributed by atoms with van der Waals surface area (Å²) in [6, 6.07) is 9.27. The van der Waals surface area contributed by atoms with Crippen LogP contribution >= 0.6 is 24.0 Å². The average Bonchev–Trinajstić information content (AvgIpc) is 3.13. The molecule has 6 heteroatoms. The van der Waals surface area contributed by atoms with E-state index in [0.29, 0.717) is 6.04 Å². The van der Waals surface area contributed by atoms with E-state index in [9.17, 15) is 0 Å². The third-order valence-electron chi connectivity index (χ3n) is 4.53. The number of rotatable bonds is 5. The normalized spacial score (nSPS) is 18.8. The molecule has 2 aliphatic rings. The fourth-order valence-electron chi connectivity index (χ4n) is 3.16. The minimum absolute atomic E-state index is 0. The summed E-state index contributed by atoms with van der Waals surface area (Å²) in [7, 11) is 1.83. The second-order valence-corrected chi connectivity index (χ2v) is 6.42. The Morgan fingerprint density at radius 2 is 1.92 bits per heavy atom. The van der Waals surface area contributed by atoms with E-state index in [-0.39, 0.29) is 24.0 Å². The molecule has 1 aliphatic heterocycles. The minimum atomic E-state index is 0. The van der Waals surface area contributed by atoms with Crippen molar-refractivity contribution in [1.29, 1.82) is 0 Å². The fourth-order valence-corrected chi connectivity index (χ4v) is 3.16. The number of morpholine rings is 1. The topological polar surface area (TPSA) is 48.9 Å². The van der Waals surface area contributed by atoms with Crippen LogP contribution in [0.25, 0.3) is 0 Å². The number of ether oxygens (including phenoxy) is 1. The predicted octanol–water partition coefficient (Wildman–Crippen LogP) is 2.52. The molecule has 0 bridgehead atoms. The first-order valence-electron chi connectivity index (χ1n) is 8.83. The molecule has 138 valence electrons. The minimum Gasteiger partial charge on any atom is -0.379 e. The Bertz CT molecular complexity index is 577. The zero-order valence-corrected chi connectivity index (χ0v) is 17.2. The van der Waals surface area contributed by atoms with E-state index in [1.807, 2.05) is 7.05 Å². The van der Waals surface area contributed by atoms with Crippen molar-refractivity contribution in [3.63, 3.8) is 0 Å². The number of benzene rings is 1. The molecule has 1 fully saturated rings. The number of halogens is 1. The van der Waals surface area contributed by atoms with Crippen molar-refractivity contribution >= 4 is 29.9 Å². The molecule has 5 nitrogen and oxygen atoms in total. The maximum atomic E-state index is 5.42. The second-order valence-electron chi connectivity index (χ2n) is 6.42. The molecule has 0 amide bonds. The van der Waals surface area contributed by atoms with Gasteiger partial charge in [0.2, 0.25) is 0 Å². The highest BCUT2D eigenvalue weighted by Gasteiger charge is 2.12. The maximum absolute atomic E-state index is 5.42. The molecule has 1 aromatic rings. The summed E-state index contributed by atoms with van der Waals surface area (Å²) in [5, 5.41) is 6.89. The van der Waals surface area contributed by atoms with Crippen LogP contribution < -0.4 is 10.6 Å². The lowest BCUT2D eigenvalue weighted by Crippen LogP contribution is -2.42. The summed E-state index contributed by atoms with van der Waals surface area (Å²) in [5.74, 6) is 0.877. The van der Waals surface area contributed by atoms with Gasteiger partial charge in [-0.25, -0.2) is 0 Å². The van der Waals surface area contributed by atoms with Gasteiger partial charge in [-0.3, -0.25) is 9.89 Å². The van der Waals surface area contributed by atoms with Crippen molar-refractivity contribution in [2.24, 2.45) is 4.99 Å². The van der Waals surface area contributed by atoms with Crippen molar-refractivity contribution in [3.8, 4) is 0 Å². The first-order chi connectivity index (χ1) is 11.8. The smallest absolute Gasteiger partial charge is 0.191 e. The van der Waals surface area contributed by atoms with Gasteiger partial charge in [-0.15, -0.1) is 24.0 Å². The first kappa shape index (κ1) is 20.2. The van der Waals surface area contributed by atoms with Crippen LogP contribution in [0.3, 0.4) is 0 Å². The summed E-state index contributed by atoms with van der Waals surface area (Å²) in [6.07, 6.45) is 6.60. The zero-order valence-electron chi connectivity index (χ0n) is 14.9. The molecule has 1 heterocycles. The largest absolute Gasteiger partial charge is 0.379 e. The number of hydrogen-bond acceptors (Lipinski definition) is 3. The Hall–Kier alpha value is -1.12. The SMILES string of the molecule is CN=C(NCc1cccc(CN2CCOCC2)c1)NC1CC=CC1.I. The van der Waals surface area contributed by atoms with Crippen LogP contribution in [0.4, 0.5) is 0 Å². The van der Waals surface area contributed by atoms with Gasteiger partial charge in [0, 0.05) is 39.3 Å². The molecule has 2 N–H and O–H groups in total. The van der Waals surface area contributed by atoms with Crippen LogP contribution in [0.5, 0.6) is 0 Å². The molecular formula is C19H29IN4O. The number of guanidine groups is 1. The monoisotopic (exact) mass is 456 g/mol. The predicted molar refractivity (Wildman–Crippen MR) is 113 cm³/mol. The molecule has 1 aliphatic carbocycles. The Morgan fingerprint density at radius 3 is 2.64 bits per heavy atom. The van der Waals surface area contributed by atoms with Crippen LogP contribution in [0.2, 0.25) is 0 Å². The van der Waals surface area contributed by atoms with E-state index < -0.39 is 0 Å². The Labute approximate surface area is 167 Å². The van der Waals surface area contributed by atoms with Crippen LogP contribution in [0.15, 0.2) is 41.4 Å². The highest BCUT2D eigenvalue weighted by molar-refractivity contribution is 14.0. The Morgan fingerprint density at radius 1 is 1.20 bits per heavy atom. The molecule has 0 atom stereocenters. The van der Waals surface area contributed by atoms with Crippen molar-refractivity contribution in [2.45, 2.75) is 32.0 Å². The van der Waals surface area contributed by atoms with Crippen LogP contribution in [0, 0.1) is 0 Å². The molecule has 1 saturated heterocycles. The standard InChI is InChI=1S/C19H28N4O.HI/c1-20-19(22-18-7-2-3-8-18)21-14-16-5-4-6-17(13-16)15-23-9-11-24-12-10-23;/h2-6,13,18H,7-12,14-15H2,1H3,(H2,20,21,22);1H. The summed E-state index contributed by atoms with van der Waals surface area (Å²) in [5.41, 5.74) is 2.65. The van der Waals surface area contributed by atoms with Crippen LogP contribution in [0.1, 0.15) is 24.0 Å². The van der Waals surface area contributed by atoms with Gasteiger partial charge in [0.1, 0.15) is 0 Å². The van der Waals surface area contributed by atoms with Gasteiger partial charge in [-0.05, 0) is 24.0 Å². The summed E-state index contributed by atoms with van der Waals surface area (Å²) in [4.78, 5) is 6.78. The van der Waals surface area contributed by atoms with E-state index in [1.54, 1.807) is 0 Å². The highest BCUT2D eigenvalue weighted by Crippen LogP contribution is 2.11. The molecule has 3 rings (SSSR count). The van der Waals surface area contributed by atoms with E-state index in [1.165, 1.54) is 11.1 Å². The van der Waals surface area contributed by atoms with Gasteiger partial charge in [0.05, 0.1) is 13.2 Å². The number of hydrogen-bond donors (Lipinski definition) is 2. The summed E-state index contributed by atoms with van der Waals surface area (Å²) >= 11 is 0. The van der Waals surface area contributed by atoms with E-state index >= 15 is 0 Å². The van der Waals surface area contributed by atoms with E-state index in [2.05, 4.69) is 56.9 Å². The molecule has 0 radical (unpaired) electrons.